The van der Waals surface area contributed by atoms with Crippen LogP contribution in [-0.4, -0.2) is 30.9 Å². The Kier molecular flexibility index (Phi) is 5.21. The number of methoxy groups -OCH3 is 1. The molecule has 0 radical (unpaired) electrons. The van der Waals surface area contributed by atoms with Crippen LogP contribution < -0.4 is 20.3 Å². The second kappa shape index (κ2) is 8.12. The quantitative estimate of drug-likeness (QED) is 0.636. The summed E-state index contributed by atoms with van der Waals surface area (Å²) < 4.78 is 10.4. The van der Waals surface area contributed by atoms with Crippen LogP contribution in [0.5, 0.6) is 5.75 Å². The van der Waals surface area contributed by atoms with E-state index in [0.717, 1.165) is 0 Å². The second-order valence-corrected chi connectivity index (χ2v) is 6.61. The fourth-order valence-electron chi connectivity index (χ4n) is 3.27. The monoisotopic (exact) mass is 405 g/mol. The topological polar surface area (TPSA) is 101 Å². The molecule has 0 saturated heterocycles. The maximum atomic E-state index is 13.4. The average Bonchev–Trinajstić information content (AvgIpc) is 3.26. The van der Waals surface area contributed by atoms with Gasteiger partial charge in [-0.2, -0.15) is 0 Å². The van der Waals surface area contributed by atoms with E-state index in [2.05, 4.69) is 10.6 Å². The van der Waals surface area contributed by atoms with Crippen LogP contribution in [0.4, 0.5) is 11.4 Å². The smallest absolute Gasteiger partial charge is 0.261 e. The van der Waals surface area contributed by atoms with Gasteiger partial charge in [0.05, 0.1) is 31.2 Å². The molecule has 0 saturated carbocycles. The number of anilines is 2. The van der Waals surface area contributed by atoms with Crippen molar-refractivity contribution in [1.82, 2.24) is 5.32 Å². The van der Waals surface area contributed by atoms with E-state index in [4.69, 9.17) is 9.15 Å². The first kappa shape index (κ1) is 19.3. The number of carbonyl (C=O) groups excluding carboxylic acids is 3. The van der Waals surface area contributed by atoms with Crippen LogP contribution in [0.3, 0.4) is 0 Å². The van der Waals surface area contributed by atoms with Crippen molar-refractivity contribution in [3.8, 4) is 5.75 Å². The van der Waals surface area contributed by atoms with Gasteiger partial charge in [-0.05, 0) is 48.5 Å². The minimum atomic E-state index is -1.41. The Morgan fingerprint density at radius 1 is 1.10 bits per heavy atom. The molecule has 2 heterocycles. The summed E-state index contributed by atoms with van der Waals surface area (Å²) in [5.41, 5.74) is 1.04. The third-order valence-electron chi connectivity index (χ3n) is 4.76. The largest absolute Gasteiger partial charge is 0.497 e. The summed E-state index contributed by atoms with van der Waals surface area (Å²) in [7, 11) is 1.53. The lowest BCUT2D eigenvalue weighted by Gasteiger charge is -2.28. The predicted octanol–water partition coefficient (Wildman–Crippen LogP) is 2.57. The summed E-state index contributed by atoms with van der Waals surface area (Å²) in [6, 6.07) is 15.2. The molecule has 1 aromatic heterocycles. The third kappa shape index (κ3) is 3.62. The maximum absolute atomic E-state index is 13.4. The van der Waals surface area contributed by atoms with Crippen molar-refractivity contribution in [2.24, 2.45) is 0 Å². The molecule has 2 aromatic carbocycles. The standard InChI is InChI=1S/C22H19N3O5/c1-29-15-10-8-14(9-11-15)25-19(20(26)23-13-16-5-4-12-30-16)21(27)24-18-7-3-2-6-17(18)22(25)28/h2-12,19H,13H2,1H3,(H,23,26)(H,24,27). The molecule has 0 fully saturated rings. The highest BCUT2D eigenvalue weighted by Crippen LogP contribution is 2.29. The first-order valence-electron chi connectivity index (χ1n) is 9.26. The number of hydrogen-bond donors (Lipinski definition) is 2. The summed E-state index contributed by atoms with van der Waals surface area (Å²) in [5, 5.41) is 5.36. The summed E-state index contributed by atoms with van der Waals surface area (Å²) in [5.74, 6) is -0.582. The van der Waals surface area contributed by atoms with E-state index >= 15 is 0 Å². The van der Waals surface area contributed by atoms with Crippen LogP contribution in [0.2, 0.25) is 0 Å². The van der Waals surface area contributed by atoms with Gasteiger partial charge in [0.2, 0.25) is 0 Å². The molecular weight excluding hydrogens is 386 g/mol. The van der Waals surface area contributed by atoms with E-state index in [-0.39, 0.29) is 6.54 Å². The van der Waals surface area contributed by atoms with Gasteiger partial charge in [0, 0.05) is 5.69 Å². The van der Waals surface area contributed by atoms with Crippen molar-refractivity contribution in [2.45, 2.75) is 12.6 Å². The molecule has 1 unspecified atom stereocenters. The third-order valence-corrected chi connectivity index (χ3v) is 4.76. The molecule has 2 N–H and O–H groups in total. The molecule has 0 spiro atoms. The van der Waals surface area contributed by atoms with Crippen molar-refractivity contribution < 1.29 is 23.5 Å². The number of nitrogens with zero attached hydrogens (tertiary/aromatic N) is 1. The molecule has 1 aliphatic heterocycles. The number of ether oxygens (including phenoxy) is 1. The summed E-state index contributed by atoms with van der Waals surface area (Å²) >= 11 is 0. The molecule has 152 valence electrons. The molecule has 3 amide bonds. The number of nitrogens with one attached hydrogen (secondary N) is 2. The van der Waals surface area contributed by atoms with Gasteiger partial charge in [-0.25, -0.2) is 0 Å². The van der Waals surface area contributed by atoms with E-state index in [1.807, 2.05) is 0 Å². The Morgan fingerprint density at radius 3 is 2.57 bits per heavy atom. The first-order chi connectivity index (χ1) is 14.6. The zero-order valence-corrected chi connectivity index (χ0v) is 16.1. The Bertz CT molecular complexity index is 1080. The van der Waals surface area contributed by atoms with Crippen LogP contribution in [0.1, 0.15) is 16.1 Å². The fraction of sp³-hybridized carbons (Fsp3) is 0.136. The highest BCUT2D eigenvalue weighted by Gasteiger charge is 2.41. The normalized spacial score (nSPS) is 15.8. The first-order valence-corrected chi connectivity index (χ1v) is 9.26. The molecule has 1 atom stereocenters. The van der Waals surface area contributed by atoms with Crippen molar-refractivity contribution in [1.29, 1.82) is 0 Å². The van der Waals surface area contributed by atoms with Crippen LogP contribution in [0.25, 0.3) is 0 Å². The summed E-state index contributed by atoms with van der Waals surface area (Å²) in [4.78, 5) is 40.6. The zero-order chi connectivity index (χ0) is 21.1. The number of fused-ring (bicyclic) bond motifs is 1. The lowest BCUT2D eigenvalue weighted by atomic mass is 10.1. The number of para-hydroxylation sites is 1. The number of rotatable bonds is 5. The van der Waals surface area contributed by atoms with E-state index in [1.165, 1.54) is 18.3 Å². The summed E-state index contributed by atoms with van der Waals surface area (Å²) in [6.45, 7) is 0.0905. The Labute approximate surface area is 172 Å². The molecule has 8 heteroatoms. The molecule has 0 aliphatic carbocycles. The Balaban J connectivity index is 1.73. The number of hydrogen-bond acceptors (Lipinski definition) is 5. The van der Waals surface area contributed by atoms with E-state index in [1.54, 1.807) is 60.7 Å². The van der Waals surface area contributed by atoms with Gasteiger partial charge < -0.3 is 19.8 Å². The number of benzene rings is 2. The molecule has 30 heavy (non-hydrogen) atoms. The van der Waals surface area contributed by atoms with E-state index in [9.17, 15) is 14.4 Å². The molecular formula is C22H19N3O5. The molecule has 3 aromatic rings. The predicted molar refractivity (Wildman–Crippen MR) is 109 cm³/mol. The lowest BCUT2D eigenvalue weighted by Crippen LogP contribution is -2.54. The van der Waals surface area contributed by atoms with Crippen LogP contribution in [0.15, 0.2) is 71.3 Å². The number of carbonyl (C=O) groups is 3. The van der Waals surface area contributed by atoms with Crippen LogP contribution in [0, 0.1) is 0 Å². The van der Waals surface area contributed by atoms with E-state index < -0.39 is 23.8 Å². The highest BCUT2D eigenvalue weighted by atomic mass is 16.5. The fourth-order valence-corrected chi connectivity index (χ4v) is 3.27. The van der Waals surface area contributed by atoms with Crippen molar-refractivity contribution >= 4 is 29.1 Å². The molecule has 8 nitrogen and oxygen atoms in total. The Morgan fingerprint density at radius 2 is 1.87 bits per heavy atom. The van der Waals surface area contributed by atoms with Crippen molar-refractivity contribution in [3.05, 3.63) is 78.3 Å². The molecule has 1 aliphatic rings. The molecule has 4 rings (SSSR count). The van der Waals surface area contributed by atoms with Gasteiger partial charge in [0.25, 0.3) is 17.7 Å². The minimum absolute atomic E-state index is 0.0905. The Hall–Kier alpha value is -4.07. The van der Waals surface area contributed by atoms with Crippen molar-refractivity contribution in [2.75, 3.05) is 17.3 Å². The van der Waals surface area contributed by atoms with Gasteiger partial charge in [0.15, 0.2) is 6.04 Å². The second-order valence-electron chi connectivity index (χ2n) is 6.61. The van der Waals surface area contributed by atoms with Gasteiger partial charge in [-0.1, -0.05) is 12.1 Å². The van der Waals surface area contributed by atoms with Crippen molar-refractivity contribution in [3.63, 3.8) is 0 Å². The number of amides is 3. The van der Waals surface area contributed by atoms with Gasteiger partial charge in [-0.15, -0.1) is 0 Å². The summed E-state index contributed by atoms with van der Waals surface area (Å²) in [6.07, 6.45) is 1.49. The molecule has 0 bridgehead atoms. The van der Waals surface area contributed by atoms with Gasteiger partial charge >= 0.3 is 0 Å². The zero-order valence-electron chi connectivity index (χ0n) is 16.1. The average molecular weight is 405 g/mol. The number of furan rings is 1. The van der Waals surface area contributed by atoms with Crippen LogP contribution >= 0.6 is 0 Å². The minimum Gasteiger partial charge on any atom is -0.497 e. The SMILES string of the molecule is COc1ccc(N2C(=O)c3ccccc3NC(=O)C2C(=O)NCc2ccco2)cc1. The maximum Gasteiger partial charge on any atom is 0.261 e. The highest BCUT2D eigenvalue weighted by molar-refractivity contribution is 6.24. The lowest BCUT2D eigenvalue weighted by molar-refractivity contribution is -0.128. The van der Waals surface area contributed by atoms with Crippen LogP contribution in [-0.2, 0) is 16.1 Å². The van der Waals surface area contributed by atoms with Gasteiger partial charge in [-0.3, -0.25) is 19.3 Å². The van der Waals surface area contributed by atoms with Gasteiger partial charge in [0.1, 0.15) is 11.5 Å². The van der Waals surface area contributed by atoms with E-state index in [0.29, 0.717) is 28.4 Å².